The van der Waals surface area contributed by atoms with Crippen LogP contribution in [0.1, 0.15) is 72.1 Å². The minimum atomic E-state index is 0.282. The number of carbonyl (C=O) groups is 1. The lowest BCUT2D eigenvalue weighted by Crippen LogP contribution is -2.45. The van der Waals surface area contributed by atoms with E-state index in [0.29, 0.717) is 17.9 Å². The van der Waals surface area contributed by atoms with E-state index in [0.717, 1.165) is 51.4 Å². The van der Waals surface area contributed by atoms with Gasteiger partial charge in [0.1, 0.15) is 0 Å². The molecule has 25 heavy (non-hydrogen) atoms. The lowest BCUT2D eigenvalue weighted by Gasteiger charge is -2.26. The number of hydrogen-bond donors (Lipinski definition) is 2. The maximum absolute atomic E-state index is 12.7. The first kappa shape index (κ1) is 20.1. The quantitative estimate of drug-likeness (QED) is 0.548. The van der Waals surface area contributed by atoms with Crippen LogP contribution in [0.2, 0.25) is 0 Å². The molecule has 2 rings (SSSR count). The first-order valence-corrected chi connectivity index (χ1v) is 10.5. The van der Waals surface area contributed by atoms with E-state index in [2.05, 4.69) is 36.3 Å². The molecule has 1 amide bonds. The second-order valence-corrected chi connectivity index (χ2v) is 7.65. The molecule has 1 unspecified atom stereocenters. The Balaban J connectivity index is 1.84. The number of carbonyl (C=O) groups excluding carboxylic acids is 1. The van der Waals surface area contributed by atoms with Gasteiger partial charge in [0.25, 0.3) is 0 Å². The SMILES string of the molecule is CCNC(=NCC(CC)CC)NC1CCN(C(=O)C2CCCCC2)C1. The van der Waals surface area contributed by atoms with Crippen molar-refractivity contribution in [2.24, 2.45) is 16.8 Å². The third-order valence-electron chi connectivity index (χ3n) is 5.80. The molecule has 0 spiro atoms. The van der Waals surface area contributed by atoms with Gasteiger partial charge in [0.15, 0.2) is 5.96 Å². The lowest BCUT2D eigenvalue weighted by molar-refractivity contribution is -0.135. The smallest absolute Gasteiger partial charge is 0.225 e. The van der Waals surface area contributed by atoms with Gasteiger partial charge in [0.2, 0.25) is 5.91 Å². The highest BCUT2D eigenvalue weighted by molar-refractivity contribution is 5.81. The van der Waals surface area contributed by atoms with Crippen LogP contribution in [0.25, 0.3) is 0 Å². The van der Waals surface area contributed by atoms with Gasteiger partial charge in [-0.25, -0.2) is 0 Å². The zero-order chi connectivity index (χ0) is 18.1. The number of aliphatic imine (C=N–C) groups is 1. The number of hydrogen-bond acceptors (Lipinski definition) is 2. The Morgan fingerprint density at radius 2 is 1.84 bits per heavy atom. The van der Waals surface area contributed by atoms with Crippen LogP contribution in [0.3, 0.4) is 0 Å². The topological polar surface area (TPSA) is 56.7 Å². The molecule has 0 aromatic rings. The zero-order valence-corrected chi connectivity index (χ0v) is 16.5. The highest BCUT2D eigenvalue weighted by atomic mass is 16.2. The molecule has 2 fully saturated rings. The number of nitrogens with zero attached hydrogens (tertiary/aromatic N) is 2. The van der Waals surface area contributed by atoms with Crippen molar-refractivity contribution < 1.29 is 4.79 Å². The summed E-state index contributed by atoms with van der Waals surface area (Å²) in [4.78, 5) is 19.6. The van der Waals surface area contributed by atoms with Crippen molar-refractivity contribution in [3.63, 3.8) is 0 Å². The maximum atomic E-state index is 12.7. The molecular formula is C20H38N4O. The van der Waals surface area contributed by atoms with Crippen molar-refractivity contribution in [2.75, 3.05) is 26.2 Å². The summed E-state index contributed by atoms with van der Waals surface area (Å²) in [6.45, 7) is 10.0. The Kier molecular flexibility index (Phi) is 8.56. The van der Waals surface area contributed by atoms with Crippen molar-refractivity contribution in [3.8, 4) is 0 Å². The van der Waals surface area contributed by atoms with Crippen LogP contribution < -0.4 is 10.6 Å². The summed E-state index contributed by atoms with van der Waals surface area (Å²) in [5, 5.41) is 6.91. The molecule has 0 bridgehead atoms. The Hall–Kier alpha value is -1.26. The minimum absolute atomic E-state index is 0.282. The third-order valence-corrected chi connectivity index (χ3v) is 5.80. The van der Waals surface area contributed by atoms with E-state index in [4.69, 9.17) is 4.99 Å². The van der Waals surface area contributed by atoms with Gasteiger partial charge in [-0.05, 0) is 32.1 Å². The largest absolute Gasteiger partial charge is 0.357 e. The summed E-state index contributed by atoms with van der Waals surface area (Å²) >= 11 is 0. The monoisotopic (exact) mass is 350 g/mol. The molecule has 1 heterocycles. The van der Waals surface area contributed by atoms with Gasteiger partial charge in [-0.1, -0.05) is 46.0 Å². The summed E-state index contributed by atoms with van der Waals surface area (Å²) in [5.74, 6) is 2.24. The molecule has 1 saturated carbocycles. The van der Waals surface area contributed by atoms with E-state index in [1.807, 2.05) is 0 Å². The van der Waals surface area contributed by atoms with Crippen LogP contribution in [-0.4, -0.2) is 49.0 Å². The van der Waals surface area contributed by atoms with Crippen molar-refractivity contribution in [3.05, 3.63) is 0 Å². The molecule has 2 N–H and O–H groups in total. The molecule has 144 valence electrons. The second-order valence-electron chi connectivity index (χ2n) is 7.65. The Bertz CT molecular complexity index is 427. The molecule has 5 nitrogen and oxygen atoms in total. The van der Waals surface area contributed by atoms with Crippen LogP contribution in [0, 0.1) is 11.8 Å². The third kappa shape index (κ3) is 6.19. The average Bonchev–Trinajstić information content (AvgIpc) is 3.11. The first-order chi connectivity index (χ1) is 12.2. The van der Waals surface area contributed by atoms with Gasteiger partial charge in [0, 0.05) is 38.1 Å². The van der Waals surface area contributed by atoms with E-state index in [1.54, 1.807) is 0 Å². The van der Waals surface area contributed by atoms with E-state index >= 15 is 0 Å². The molecule has 1 atom stereocenters. The predicted octanol–water partition coefficient (Wildman–Crippen LogP) is 3.16. The number of amides is 1. The summed E-state index contributed by atoms with van der Waals surface area (Å²) in [6.07, 6.45) is 9.29. The number of rotatable bonds is 7. The fourth-order valence-electron chi connectivity index (χ4n) is 3.97. The summed E-state index contributed by atoms with van der Waals surface area (Å²) in [5.41, 5.74) is 0. The van der Waals surface area contributed by atoms with Gasteiger partial charge >= 0.3 is 0 Å². The number of guanidine groups is 1. The molecule has 1 aliphatic carbocycles. The molecule has 5 heteroatoms. The fourth-order valence-corrected chi connectivity index (χ4v) is 3.97. The van der Waals surface area contributed by atoms with Gasteiger partial charge in [0.05, 0.1) is 0 Å². The zero-order valence-electron chi connectivity index (χ0n) is 16.5. The summed E-state index contributed by atoms with van der Waals surface area (Å²) < 4.78 is 0. The van der Waals surface area contributed by atoms with Crippen LogP contribution in [0.5, 0.6) is 0 Å². The molecule has 0 aromatic heterocycles. The van der Waals surface area contributed by atoms with E-state index in [-0.39, 0.29) is 5.92 Å². The second kappa shape index (κ2) is 10.7. The molecule has 0 aromatic carbocycles. The molecular weight excluding hydrogens is 312 g/mol. The van der Waals surface area contributed by atoms with Crippen LogP contribution >= 0.6 is 0 Å². The standard InChI is InChI=1S/C20H38N4O/c1-4-16(5-2)14-22-20(21-6-3)23-18-12-13-24(15-18)19(25)17-10-8-7-9-11-17/h16-18H,4-15H2,1-3H3,(H2,21,22,23). The molecule has 1 aliphatic heterocycles. The fraction of sp³-hybridized carbons (Fsp3) is 0.900. The summed E-state index contributed by atoms with van der Waals surface area (Å²) in [6, 6.07) is 0.326. The number of likely N-dealkylation sites (tertiary alicyclic amines) is 1. The van der Waals surface area contributed by atoms with E-state index in [9.17, 15) is 4.79 Å². The maximum Gasteiger partial charge on any atom is 0.225 e. The van der Waals surface area contributed by atoms with Crippen molar-refractivity contribution in [2.45, 2.75) is 78.2 Å². The van der Waals surface area contributed by atoms with Gasteiger partial charge in [-0.2, -0.15) is 0 Å². The Labute approximate surface area is 154 Å². The van der Waals surface area contributed by atoms with Crippen molar-refractivity contribution in [1.82, 2.24) is 15.5 Å². The summed E-state index contributed by atoms with van der Waals surface area (Å²) in [7, 11) is 0. The van der Waals surface area contributed by atoms with Crippen molar-refractivity contribution in [1.29, 1.82) is 0 Å². The lowest BCUT2D eigenvalue weighted by atomic mass is 9.88. The predicted molar refractivity (Wildman–Crippen MR) is 105 cm³/mol. The minimum Gasteiger partial charge on any atom is -0.357 e. The van der Waals surface area contributed by atoms with Crippen LogP contribution in [0.4, 0.5) is 0 Å². The molecule has 0 radical (unpaired) electrons. The van der Waals surface area contributed by atoms with E-state index < -0.39 is 0 Å². The molecule has 1 saturated heterocycles. The highest BCUT2D eigenvalue weighted by Crippen LogP contribution is 2.26. The van der Waals surface area contributed by atoms with Crippen LogP contribution in [0.15, 0.2) is 4.99 Å². The van der Waals surface area contributed by atoms with Crippen LogP contribution in [-0.2, 0) is 4.79 Å². The highest BCUT2D eigenvalue weighted by Gasteiger charge is 2.31. The normalized spacial score (nSPS) is 22.5. The molecule has 2 aliphatic rings. The number of nitrogens with one attached hydrogen (secondary N) is 2. The first-order valence-electron chi connectivity index (χ1n) is 10.5. The van der Waals surface area contributed by atoms with Gasteiger partial charge < -0.3 is 15.5 Å². The van der Waals surface area contributed by atoms with E-state index in [1.165, 1.54) is 32.1 Å². The van der Waals surface area contributed by atoms with Crippen molar-refractivity contribution >= 4 is 11.9 Å². The average molecular weight is 351 g/mol. The van der Waals surface area contributed by atoms with Gasteiger partial charge in [-0.15, -0.1) is 0 Å². The van der Waals surface area contributed by atoms with Gasteiger partial charge in [-0.3, -0.25) is 9.79 Å². The Morgan fingerprint density at radius 1 is 1.12 bits per heavy atom. The Morgan fingerprint density at radius 3 is 2.48 bits per heavy atom.